The number of hydrogen-bond donors (Lipinski definition) is 2. The maximum Gasteiger partial charge on any atom is 0.257 e. The third-order valence-corrected chi connectivity index (χ3v) is 5.73. The molecular weight excluding hydrogens is 363 g/mol. The monoisotopic (exact) mass is 380 g/mol. The van der Waals surface area contributed by atoms with Gasteiger partial charge in [0.2, 0.25) is 11.0 Å². The first-order chi connectivity index (χ1) is 12.1. The van der Waals surface area contributed by atoms with E-state index in [9.17, 15) is 14.0 Å². The molecule has 25 heavy (non-hydrogen) atoms. The first kappa shape index (κ1) is 17.8. The Morgan fingerprint density at radius 3 is 2.84 bits per heavy atom. The van der Waals surface area contributed by atoms with Crippen molar-refractivity contribution in [1.82, 2.24) is 15.5 Å². The zero-order valence-corrected chi connectivity index (χ0v) is 15.0. The van der Waals surface area contributed by atoms with Crippen molar-refractivity contribution >= 4 is 40.0 Å². The number of benzene rings is 1. The summed E-state index contributed by atoms with van der Waals surface area (Å²) >= 11 is 2.46. The Balaban J connectivity index is 1.48. The first-order valence-corrected chi connectivity index (χ1v) is 9.73. The van der Waals surface area contributed by atoms with E-state index in [1.54, 1.807) is 0 Å². The van der Waals surface area contributed by atoms with Gasteiger partial charge in [0, 0.05) is 11.6 Å². The lowest BCUT2D eigenvalue weighted by atomic mass is 10.2. The Bertz CT molecular complexity index is 762. The molecule has 1 fully saturated rings. The van der Waals surface area contributed by atoms with Crippen LogP contribution in [0, 0.1) is 5.82 Å². The minimum absolute atomic E-state index is 0.0163. The number of carbonyl (C=O) groups excluding carboxylic acids is 2. The summed E-state index contributed by atoms with van der Waals surface area (Å²) in [5, 5.41) is 13.7. The summed E-state index contributed by atoms with van der Waals surface area (Å²) in [6.45, 7) is 0. The van der Waals surface area contributed by atoms with Gasteiger partial charge < -0.3 is 5.32 Å². The Morgan fingerprint density at radius 2 is 2.08 bits per heavy atom. The molecule has 1 saturated carbocycles. The smallest absolute Gasteiger partial charge is 0.257 e. The van der Waals surface area contributed by atoms with Crippen LogP contribution in [-0.4, -0.2) is 33.8 Å². The number of amides is 2. The zero-order chi connectivity index (χ0) is 17.6. The number of hydrogen-bond acceptors (Lipinski definition) is 6. The van der Waals surface area contributed by atoms with E-state index in [1.165, 1.54) is 54.1 Å². The van der Waals surface area contributed by atoms with Crippen LogP contribution in [-0.2, 0) is 4.79 Å². The molecule has 0 unspecified atom stereocenters. The lowest BCUT2D eigenvalue weighted by Gasteiger charge is -2.10. The molecule has 1 aliphatic carbocycles. The number of aromatic nitrogens is 2. The van der Waals surface area contributed by atoms with Gasteiger partial charge in [-0.05, 0) is 31.0 Å². The summed E-state index contributed by atoms with van der Waals surface area (Å²) < 4.78 is 13.7. The maximum atomic E-state index is 13.1. The largest absolute Gasteiger partial charge is 0.353 e. The second-order valence-corrected chi connectivity index (χ2v) is 7.88. The van der Waals surface area contributed by atoms with Crippen LogP contribution in [0.15, 0.2) is 28.6 Å². The van der Waals surface area contributed by atoms with Gasteiger partial charge >= 0.3 is 0 Å². The highest BCUT2D eigenvalue weighted by Crippen LogP contribution is 2.26. The van der Waals surface area contributed by atoms with Gasteiger partial charge in [-0.15, -0.1) is 10.2 Å². The fourth-order valence-corrected chi connectivity index (χ4v) is 4.14. The van der Waals surface area contributed by atoms with Crippen LogP contribution in [0.5, 0.6) is 0 Å². The zero-order valence-electron chi connectivity index (χ0n) is 13.3. The molecule has 0 spiro atoms. The van der Waals surface area contributed by atoms with Crippen molar-refractivity contribution in [2.24, 2.45) is 0 Å². The quantitative estimate of drug-likeness (QED) is 0.594. The topological polar surface area (TPSA) is 84.0 Å². The van der Waals surface area contributed by atoms with Gasteiger partial charge in [0.25, 0.3) is 5.91 Å². The lowest BCUT2D eigenvalue weighted by molar-refractivity contribution is -0.119. The van der Waals surface area contributed by atoms with E-state index in [2.05, 4.69) is 20.8 Å². The van der Waals surface area contributed by atoms with Crippen LogP contribution in [0.25, 0.3) is 0 Å². The highest BCUT2D eigenvalue weighted by molar-refractivity contribution is 8.01. The molecule has 2 amide bonds. The molecule has 2 aromatic rings. The van der Waals surface area contributed by atoms with Crippen molar-refractivity contribution in [2.75, 3.05) is 11.1 Å². The summed E-state index contributed by atoms with van der Waals surface area (Å²) in [6, 6.07) is 5.70. The average molecular weight is 380 g/mol. The molecule has 9 heteroatoms. The van der Waals surface area contributed by atoms with Gasteiger partial charge in [0.05, 0.1) is 5.75 Å². The third-order valence-electron chi connectivity index (χ3n) is 3.76. The summed E-state index contributed by atoms with van der Waals surface area (Å²) in [5.74, 6) is -0.679. The van der Waals surface area contributed by atoms with Crippen LogP contribution in [0.3, 0.4) is 0 Å². The van der Waals surface area contributed by atoms with Gasteiger partial charge in [-0.3, -0.25) is 14.9 Å². The highest BCUT2D eigenvalue weighted by atomic mass is 32.2. The Kier molecular flexibility index (Phi) is 5.98. The first-order valence-electron chi connectivity index (χ1n) is 7.93. The molecule has 2 N–H and O–H groups in total. The second-order valence-electron chi connectivity index (χ2n) is 5.68. The molecule has 0 aliphatic heterocycles. The minimum Gasteiger partial charge on any atom is -0.353 e. The third kappa shape index (κ3) is 5.23. The maximum absolute atomic E-state index is 13.1. The minimum atomic E-state index is -0.477. The Morgan fingerprint density at radius 1 is 1.28 bits per heavy atom. The number of halogens is 1. The summed E-state index contributed by atoms with van der Waals surface area (Å²) in [6.07, 6.45) is 4.43. The lowest BCUT2D eigenvalue weighted by Crippen LogP contribution is -2.33. The highest BCUT2D eigenvalue weighted by Gasteiger charge is 2.18. The van der Waals surface area contributed by atoms with E-state index in [0.717, 1.165) is 18.9 Å². The van der Waals surface area contributed by atoms with Crippen molar-refractivity contribution in [3.05, 3.63) is 35.6 Å². The van der Waals surface area contributed by atoms with Crippen molar-refractivity contribution in [2.45, 2.75) is 36.1 Å². The summed E-state index contributed by atoms with van der Waals surface area (Å²) in [4.78, 5) is 23.9. The molecule has 1 aliphatic rings. The molecule has 0 bridgehead atoms. The van der Waals surface area contributed by atoms with Gasteiger partial charge in [-0.2, -0.15) is 0 Å². The molecule has 0 saturated heterocycles. The van der Waals surface area contributed by atoms with Crippen molar-refractivity contribution in [1.29, 1.82) is 0 Å². The van der Waals surface area contributed by atoms with E-state index < -0.39 is 11.7 Å². The number of rotatable bonds is 6. The van der Waals surface area contributed by atoms with Gasteiger partial charge in [-0.25, -0.2) is 4.39 Å². The molecule has 6 nitrogen and oxygen atoms in total. The van der Waals surface area contributed by atoms with Crippen LogP contribution >= 0.6 is 23.1 Å². The molecule has 1 heterocycles. The fourth-order valence-electron chi connectivity index (χ4n) is 2.58. The predicted octanol–water partition coefficient (Wildman–Crippen LogP) is 3.08. The predicted molar refractivity (Wildman–Crippen MR) is 95.4 cm³/mol. The number of anilines is 1. The number of nitrogens with zero attached hydrogens (tertiary/aromatic N) is 2. The van der Waals surface area contributed by atoms with Gasteiger partial charge in [-0.1, -0.05) is 42.0 Å². The van der Waals surface area contributed by atoms with E-state index in [1.807, 2.05) is 0 Å². The summed E-state index contributed by atoms with van der Waals surface area (Å²) in [5.41, 5.74) is 0.209. The van der Waals surface area contributed by atoms with Gasteiger partial charge in [0.1, 0.15) is 5.82 Å². The summed E-state index contributed by atoms with van der Waals surface area (Å²) in [7, 11) is 0. The van der Waals surface area contributed by atoms with Crippen molar-refractivity contribution in [3.8, 4) is 0 Å². The average Bonchev–Trinajstić information content (AvgIpc) is 3.25. The normalized spacial score (nSPS) is 14.4. The molecule has 1 aromatic carbocycles. The standard InChI is InChI=1S/C16H17FN4O2S2/c17-11-5-3-4-10(8-11)14(23)19-15-20-21-16(25-15)24-9-13(22)18-12-6-1-2-7-12/h3-5,8,12H,1-2,6-7,9H2,(H,18,22)(H,19,20,23). The molecular formula is C16H17FN4O2S2. The van der Waals surface area contributed by atoms with E-state index >= 15 is 0 Å². The SMILES string of the molecule is O=C(CSc1nnc(NC(=O)c2cccc(F)c2)s1)NC1CCCC1. The number of carbonyl (C=O) groups is 2. The van der Waals surface area contributed by atoms with Crippen molar-refractivity contribution < 1.29 is 14.0 Å². The fraction of sp³-hybridized carbons (Fsp3) is 0.375. The second kappa shape index (κ2) is 8.39. The van der Waals surface area contributed by atoms with E-state index in [4.69, 9.17) is 0 Å². The van der Waals surface area contributed by atoms with Crippen LogP contribution in [0.1, 0.15) is 36.0 Å². The molecule has 0 atom stereocenters. The molecule has 0 radical (unpaired) electrons. The van der Waals surface area contributed by atoms with E-state index in [-0.39, 0.29) is 17.2 Å². The Labute approximate surface area is 152 Å². The number of thioether (sulfide) groups is 1. The Hall–Kier alpha value is -2.00. The van der Waals surface area contributed by atoms with E-state index in [0.29, 0.717) is 15.5 Å². The van der Waals surface area contributed by atoms with Gasteiger partial charge in [0.15, 0.2) is 4.34 Å². The number of nitrogens with one attached hydrogen (secondary N) is 2. The molecule has 132 valence electrons. The molecule has 3 rings (SSSR count). The van der Waals surface area contributed by atoms with Crippen LogP contribution in [0.2, 0.25) is 0 Å². The van der Waals surface area contributed by atoms with Crippen molar-refractivity contribution in [3.63, 3.8) is 0 Å². The van der Waals surface area contributed by atoms with Crippen LogP contribution in [0.4, 0.5) is 9.52 Å². The molecule has 1 aromatic heterocycles. The van der Waals surface area contributed by atoms with Crippen LogP contribution < -0.4 is 10.6 Å².